The third kappa shape index (κ3) is 6.24. The Bertz CT molecular complexity index is 755. The standard InChI is InChI=1S/C23H30FNO4/c1-28-22-15-25(14-17-9-11-19(24)12-10-17)13-5-4-7-18-6-2-3-8-21(18)29-16-20(26)23(22)27/h2-3,6,8-12,20,22-23,26-27H,4-5,7,13-16H2,1H3/t20-,22+,23-/m1/s1. The molecule has 0 unspecified atom stereocenters. The molecule has 6 heteroatoms. The minimum absolute atomic E-state index is 0.00397. The minimum atomic E-state index is -1.08. The van der Waals surface area contributed by atoms with Crippen LogP contribution in [0, 0.1) is 5.82 Å². The van der Waals surface area contributed by atoms with Crippen molar-refractivity contribution in [2.24, 2.45) is 0 Å². The summed E-state index contributed by atoms with van der Waals surface area (Å²) in [7, 11) is 1.53. The number of halogens is 1. The van der Waals surface area contributed by atoms with Crippen molar-refractivity contribution >= 4 is 0 Å². The fourth-order valence-electron chi connectivity index (χ4n) is 3.68. The smallest absolute Gasteiger partial charge is 0.123 e. The lowest BCUT2D eigenvalue weighted by Crippen LogP contribution is -2.47. The van der Waals surface area contributed by atoms with Crippen LogP contribution in [0.1, 0.15) is 24.0 Å². The van der Waals surface area contributed by atoms with Gasteiger partial charge in [0, 0.05) is 20.2 Å². The van der Waals surface area contributed by atoms with Crippen molar-refractivity contribution in [3.63, 3.8) is 0 Å². The zero-order chi connectivity index (χ0) is 20.6. The predicted molar refractivity (Wildman–Crippen MR) is 109 cm³/mol. The van der Waals surface area contributed by atoms with Crippen LogP contribution in [-0.4, -0.2) is 60.2 Å². The molecule has 0 aromatic heterocycles. The van der Waals surface area contributed by atoms with Gasteiger partial charge in [0.15, 0.2) is 0 Å². The summed E-state index contributed by atoms with van der Waals surface area (Å²) in [6, 6.07) is 14.3. The second-order valence-electron chi connectivity index (χ2n) is 7.57. The summed E-state index contributed by atoms with van der Waals surface area (Å²) in [5.41, 5.74) is 2.09. The lowest BCUT2D eigenvalue weighted by Gasteiger charge is -2.31. The number of methoxy groups -OCH3 is 1. The summed E-state index contributed by atoms with van der Waals surface area (Å²) in [6.45, 7) is 1.88. The molecule has 0 amide bonds. The first-order chi connectivity index (χ1) is 14.1. The number of rotatable bonds is 3. The van der Waals surface area contributed by atoms with E-state index in [1.165, 1.54) is 19.2 Å². The summed E-state index contributed by atoms with van der Waals surface area (Å²) >= 11 is 0. The lowest BCUT2D eigenvalue weighted by molar-refractivity contribution is -0.0955. The van der Waals surface area contributed by atoms with Gasteiger partial charge in [0.1, 0.15) is 30.4 Å². The summed E-state index contributed by atoms with van der Waals surface area (Å²) in [5.74, 6) is 0.487. The van der Waals surface area contributed by atoms with Gasteiger partial charge < -0.3 is 19.7 Å². The molecule has 0 radical (unpaired) electrons. The Morgan fingerprint density at radius 1 is 1.10 bits per heavy atom. The van der Waals surface area contributed by atoms with E-state index in [0.29, 0.717) is 13.1 Å². The number of hydrogen-bond donors (Lipinski definition) is 2. The average Bonchev–Trinajstić information content (AvgIpc) is 2.75. The van der Waals surface area contributed by atoms with Crippen LogP contribution in [-0.2, 0) is 17.7 Å². The first-order valence-corrected chi connectivity index (χ1v) is 10.1. The molecule has 0 saturated carbocycles. The van der Waals surface area contributed by atoms with E-state index in [1.54, 1.807) is 12.1 Å². The maximum absolute atomic E-state index is 13.2. The molecule has 3 atom stereocenters. The van der Waals surface area contributed by atoms with Gasteiger partial charge >= 0.3 is 0 Å². The number of ether oxygens (including phenoxy) is 2. The zero-order valence-corrected chi connectivity index (χ0v) is 16.8. The molecule has 0 aliphatic carbocycles. The first-order valence-electron chi connectivity index (χ1n) is 10.1. The number of fused-ring (bicyclic) bond motifs is 1. The monoisotopic (exact) mass is 403 g/mol. The van der Waals surface area contributed by atoms with Crippen molar-refractivity contribution in [2.45, 2.75) is 44.1 Å². The van der Waals surface area contributed by atoms with Gasteiger partial charge in [-0.3, -0.25) is 4.90 Å². The van der Waals surface area contributed by atoms with Crippen LogP contribution in [0.15, 0.2) is 48.5 Å². The van der Waals surface area contributed by atoms with Crippen molar-refractivity contribution in [2.75, 3.05) is 26.8 Å². The van der Waals surface area contributed by atoms with Crippen molar-refractivity contribution < 1.29 is 24.1 Å². The molecule has 1 aliphatic heterocycles. The van der Waals surface area contributed by atoms with Gasteiger partial charge in [0.05, 0.1) is 6.10 Å². The van der Waals surface area contributed by atoms with E-state index in [2.05, 4.69) is 4.90 Å². The van der Waals surface area contributed by atoms with Crippen LogP contribution >= 0.6 is 0 Å². The average molecular weight is 403 g/mol. The van der Waals surface area contributed by atoms with Crippen molar-refractivity contribution in [1.29, 1.82) is 0 Å². The Morgan fingerprint density at radius 2 is 1.86 bits per heavy atom. The Labute approximate surface area is 171 Å². The van der Waals surface area contributed by atoms with E-state index >= 15 is 0 Å². The molecule has 158 valence electrons. The molecule has 0 saturated heterocycles. The van der Waals surface area contributed by atoms with Gasteiger partial charge in [-0.05, 0) is 55.1 Å². The number of aliphatic hydroxyl groups excluding tert-OH is 2. The molecule has 1 aliphatic rings. The molecule has 0 bridgehead atoms. The Kier molecular flexibility index (Phi) is 8.00. The second kappa shape index (κ2) is 10.7. The molecule has 5 nitrogen and oxygen atoms in total. The molecule has 2 aromatic carbocycles. The van der Waals surface area contributed by atoms with Crippen molar-refractivity contribution in [1.82, 2.24) is 4.90 Å². The van der Waals surface area contributed by atoms with E-state index in [9.17, 15) is 14.6 Å². The Balaban J connectivity index is 1.76. The predicted octanol–water partition coefficient (Wildman–Crippen LogP) is 2.78. The van der Waals surface area contributed by atoms with Crippen LogP contribution < -0.4 is 4.74 Å². The topological polar surface area (TPSA) is 62.2 Å². The molecular weight excluding hydrogens is 373 g/mol. The second-order valence-corrected chi connectivity index (χ2v) is 7.57. The van der Waals surface area contributed by atoms with Gasteiger partial charge in [-0.1, -0.05) is 30.3 Å². The largest absolute Gasteiger partial charge is 0.491 e. The number of aryl methyl sites for hydroxylation is 1. The maximum Gasteiger partial charge on any atom is 0.123 e. The quantitative estimate of drug-likeness (QED) is 0.825. The van der Waals surface area contributed by atoms with Crippen LogP contribution in [0.25, 0.3) is 0 Å². The molecule has 0 spiro atoms. The summed E-state index contributed by atoms with van der Waals surface area (Å²) < 4.78 is 24.5. The lowest BCUT2D eigenvalue weighted by atomic mass is 10.1. The summed E-state index contributed by atoms with van der Waals surface area (Å²) in [5, 5.41) is 21.1. The maximum atomic E-state index is 13.2. The molecule has 3 rings (SSSR count). The first kappa shape index (κ1) is 21.7. The highest BCUT2D eigenvalue weighted by Gasteiger charge is 2.29. The van der Waals surface area contributed by atoms with Crippen LogP contribution in [0.2, 0.25) is 0 Å². The van der Waals surface area contributed by atoms with E-state index < -0.39 is 18.3 Å². The van der Waals surface area contributed by atoms with Gasteiger partial charge in [0.25, 0.3) is 0 Å². The van der Waals surface area contributed by atoms with Crippen molar-refractivity contribution in [3.8, 4) is 5.75 Å². The molecule has 2 N–H and O–H groups in total. The highest BCUT2D eigenvalue weighted by molar-refractivity contribution is 5.33. The fourth-order valence-corrected chi connectivity index (χ4v) is 3.68. The van der Waals surface area contributed by atoms with E-state index in [1.807, 2.05) is 24.3 Å². The number of benzene rings is 2. The number of nitrogens with zero attached hydrogens (tertiary/aromatic N) is 1. The van der Waals surface area contributed by atoms with Gasteiger partial charge in [-0.2, -0.15) is 0 Å². The highest BCUT2D eigenvalue weighted by Crippen LogP contribution is 2.22. The van der Waals surface area contributed by atoms with Crippen LogP contribution in [0.3, 0.4) is 0 Å². The molecule has 29 heavy (non-hydrogen) atoms. The molecular formula is C23H30FNO4. The third-order valence-corrected chi connectivity index (χ3v) is 5.39. The van der Waals surface area contributed by atoms with Crippen LogP contribution in [0.5, 0.6) is 5.75 Å². The molecule has 1 heterocycles. The Morgan fingerprint density at radius 3 is 2.62 bits per heavy atom. The van der Waals surface area contributed by atoms with Gasteiger partial charge in [-0.25, -0.2) is 4.39 Å². The van der Waals surface area contributed by atoms with E-state index in [0.717, 1.165) is 42.7 Å². The normalized spacial score (nSPS) is 24.5. The van der Waals surface area contributed by atoms with E-state index in [4.69, 9.17) is 9.47 Å². The van der Waals surface area contributed by atoms with Gasteiger partial charge in [-0.15, -0.1) is 0 Å². The molecule has 2 aromatic rings. The molecule has 0 fully saturated rings. The number of hydrogen-bond acceptors (Lipinski definition) is 5. The number of aliphatic hydroxyl groups is 2. The fraction of sp³-hybridized carbons (Fsp3) is 0.478. The SMILES string of the molecule is CO[C@H]1CN(Cc2ccc(F)cc2)CCCCc2ccccc2OC[C@@H](O)[C@H]1O. The Hall–Kier alpha value is -1.99. The number of para-hydroxylation sites is 1. The zero-order valence-electron chi connectivity index (χ0n) is 16.8. The highest BCUT2D eigenvalue weighted by atomic mass is 19.1. The summed E-state index contributed by atoms with van der Waals surface area (Å²) in [6.07, 6.45) is 0.121. The third-order valence-electron chi connectivity index (χ3n) is 5.39. The van der Waals surface area contributed by atoms with E-state index in [-0.39, 0.29) is 12.4 Å². The van der Waals surface area contributed by atoms with Gasteiger partial charge in [0.2, 0.25) is 0 Å². The van der Waals surface area contributed by atoms with Crippen LogP contribution in [0.4, 0.5) is 4.39 Å². The minimum Gasteiger partial charge on any atom is -0.491 e. The summed E-state index contributed by atoms with van der Waals surface area (Å²) in [4.78, 5) is 2.18. The van der Waals surface area contributed by atoms with Crippen molar-refractivity contribution in [3.05, 3.63) is 65.5 Å².